The van der Waals surface area contributed by atoms with Gasteiger partial charge in [0.2, 0.25) is 0 Å². The Morgan fingerprint density at radius 2 is 2.04 bits per heavy atom. The van der Waals surface area contributed by atoms with Crippen LogP contribution in [0.15, 0.2) is 24.8 Å². The standard InChI is InChI=1S/C20H28N6O2/c1-23-13-16(12-22-23)14-24-9-4-20(5-10-24)19-21-6-11-26(19)15-17(28-20)18(27)25-7-2-3-8-25/h6,11-13,17H,2-5,7-10,14-15H2,1H3. The van der Waals surface area contributed by atoms with Crippen LogP contribution in [0.3, 0.4) is 0 Å². The molecule has 1 spiro atoms. The Hall–Kier alpha value is -2.19. The molecule has 0 aliphatic carbocycles. The minimum atomic E-state index is -0.451. The molecule has 3 aliphatic heterocycles. The summed E-state index contributed by atoms with van der Waals surface area (Å²) in [7, 11) is 1.95. The lowest BCUT2D eigenvalue weighted by atomic mass is 9.88. The number of ether oxygens (including phenoxy) is 1. The van der Waals surface area contributed by atoms with E-state index in [9.17, 15) is 4.79 Å². The molecule has 0 saturated carbocycles. The number of rotatable bonds is 3. The number of aromatic nitrogens is 4. The molecule has 2 aromatic rings. The van der Waals surface area contributed by atoms with E-state index in [2.05, 4.69) is 25.7 Å². The van der Waals surface area contributed by atoms with Gasteiger partial charge in [-0.2, -0.15) is 5.10 Å². The van der Waals surface area contributed by atoms with Gasteiger partial charge in [0.1, 0.15) is 11.4 Å². The third-order valence-corrected chi connectivity index (χ3v) is 6.37. The van der Waals surface area contributed by atoms with E-state index in [4.69, 9.17) is 4.74 Å². The van der Waals surface area contributed by atoms with Crippen molar-refractivity contribution in [1.82, 2.24) is 29.1 Å². The number of hydrogen-bond donors (Lipinski definition) is 0. The smallest absolute Gasteiger partial charge is 0.253 e. The summed E-state index contributed by atoms with van der Waals surface area (Å²) in [5.41, 5.74) is 0.777. The highest BCUT2D eigenvalue weighted by molar-refractivity contribution is 5.81. The predicted molar refractivity (Wildman–Crippen MR) is 102 cm³/mol. The first kappa shape index (κ1) is 17.9. The van der Waals surface area contributed by atoms with Gasteiger partial charge in [0.15, 0.2) is 6.10 Å². The van der Waals surface area contributed by atoms with Crippen molar-refractivity contribution in [2.45, 2.75) is 50.5 Å². The Kier molecular flexibility index (Phi) is 4.47. The van der Waals surface area contributed by atoms with Crippen molar-refractivity contribution in [3.05, 3.63) is 36.2 Å². The lowest BCUT2D eigenvalue weighted by molar-refractivity contribution is -0.180. The van der Waals surface area contributed by atoms with Crippen LogP contribution in [-0.2, 0) is 35.3 Å². The van der Waals surface area contributed by atoms with Crippen LogP contribution in [-0.4, -0.2) is 67.3 Å². The van der Waals surface area contributed by atoms with Gasteiger partial charge in [-0.1, -0.05) is 0 Å². The molecule has 1 unspecified atom stereocenters. The molecule has 150 valence electrons. The molecular weight excluding hydrogens is 356 g/mol. The minimum absolute atomic E-state index is 0.147. The van der Waals surface area contributed by atoms with Gasteiger partial charge in [0.25, 0.3) is 5.91 Å². The quantitative estimate of drug-likeness (QED) is 0.794. The van der Waals surface area contributed by atoms with Crippen molar-refractivity contribution in [3.8, 4) is 0 Å². The largest absolute Gasteiger partial charge is 0.352 e. The summed E-state index contributed by atoms with van der Waals surface area (Å²) in [6.45, 7) is 5.04. The molecule has 3 aliphatic rings. The molecule has 0 aromatic carbocycles. The normalized spacial score (nSPS) is 24.6. The second-order valence-electron chi connectivity index (χ2n) is 8.33. The van der Waals surface area contributed by atoms with Crippen molar-refractivity contribution in [2.24, 2.45) is 7.05 Å². The molecule has 8 heteroatoms. The molecule has 2 fully saturated rings. The third-order valence-electron chi connectivity index (χ3n) is 6.37. The van der Waals surface area contributed by atoms with Gasteiger partial charge in [0.05, 0.1) is 12.7 Å². The molecule has 8 nitrogen and oxygen atoms in total. The van der Waals surface area contributed by atoms with E-state index in [-0.39, 0.29) is 5.91 Å². The fraction of sp³-hybridized carbons (Fsp3) is 0.650. The predicted octanol–water partition coefficient (Wildman–Crippen LogP) is 1.13. The number of carbonyl (C=O) groups excluding carboxylic acids is 1. The zero-order valence-corrected chi connectivity index (χ0v) is 16.5. The van der Waals surface area contributed by atoms with Crippen LogP contribution in [0.5, 0.6) is 0 Å². The van der Waals surface area contributed by atoms with Gasteiger partial charge in [-0.05, 0) is 25.7 Å². The average molecular weight is 384 g/mol. The second kappa shape index (κ2) is 7.00. The summed E-state index contributed by atoms with van der Waals surface area (Å²) in [5, 5.41) is 4.27. The maximum absolute atomic E-state index is 13.0. The van der Waals surface area contributed by atoms with Crippen LogP contribution in [0, 0.1) is 0 Å². The van der Waals surface area contributed by atoms with Gasteiger partial charge < -0.3 is 14.2 Å². The molecule has 28 heavy (non-hydrogen) atoms. The number of carbonyl (C=O) groups is 1. The molecule has 1 atom stereocenters. The lowest BCUT2D eigenvalue weighted by Gasteiger charge is -2.46. The zero-order valence-electron chi connectivity index (χ0n) is 16.5. The highest BCUT2D eigenvalue weighted by Gasteiger charge is 2.47. The first-order valence-electron chi connectivity index (χ1n) is 10.3. The van der Waals surface area contributed by atoms with Crippen molar-refractivity contribution >= 4 is 5.91 Å². The fourth-order valence-electron chi connectivity index (χ4n) is 4.89. The van der Waals surface area contributed by atoms with E-state index in [0.717, 1.165) is 64.2 Å². The molecule has 5 heterocycles. The van der Waals surface area contributed by atoms with E-state index in [0.29, 0.717) is 6.54 Å². The number of nitrogens with zero attached hydrogens (tertiary/aromatic N) is 6. The van der Waals surface area contributed by atoms with E-state index in [1.807, 2.05) is 35.2 Å². The Morgan fingerprint density at radius 1 is 1.25 bits per heavy atom. The van der Waals surface area contributed by atoms with Crippen molar-refractivity contribution in [2.75, 3.05) is 26.2 Å². The third kappa shape index (κ3) is 3.14. The van der Waals surface area contributed by atoms with Crippen LogP contribution >= 0.6 is 0 Å². The number of piperidine rings is 1. The summed E-state index contributed by atoms with van der Waals surface area (Å²) in [4.78, 5) is 22.0. The summed E-state index contributed by atoms with van der Waals surface area (Å²) in [6, 6.07) is 0. The number of amides is 1. The molecule has 0 radical (unpaired) electrons. The lowest BCUT2D eigenvalue weighted by Crippen LogP contribution is -2.54. The maximum atomic E-state index is 13.0. The van der Waals surface area contributed by atoms with E-state index < -0.39 is 11.7 Å². The molecule has 0 bridgehead atoms. The van der Waals surface area contributed by atoms with Gasteiger partial charge in [-0.25, -0.2) is 4.98 Å². The Labute approximate surface area is 165 Å². The van der Waals surface area contributed by atoms with Gasteiger partial charge in [-0.15, -0.1) is 0 Å². The summed E-state index contributed by atoms with van der Waals surface area (Å²) in [5.74, 6) is 1.13. The van der Waals surface area contributed by atoms with Gasteiger partial charge >= 0.3 is 0 Å². The minimum Gasteiger partial charge on any atom is -0.352 e. The van der Waals surface area contributed by atoms with Crippen LogP contribution in [0.2, 0.25) is 0 Å². The summed E-state index contributed by atoms with van der Waals surface area (Å²) in [6.07, 6.45) is 11.3. The van der Waals surface area contributed by atoms with Crippen LogP contribution in [0.25, 0.3) is 0 Å². The van der Waals surface area contributed by atoms with E-state index in [1.54, 1.807) is 0 Å². The molecular formula is C20H28N6O2. The second-order valence-corrected chi connectivity index (χ2v) is 8.33. The Bertz CT molecular complexity index is 845. The SMILES string of the molecule is Cn1cc(CN2CCC3(CC2)OC(C(=O)N2CCCC2)Cn2ccnc23)cn1. The maximum Gasteiger partial charge on any atom is 0.253 e. The first-order valence-corrected chi connectivity index (χ1v) is 10.3. The molecule has 5 rings (SSSR count). The van der Waals surface area contributed by atoms with Crippen molar-refractivity contribution in [3.63, 3.8) is 0 Å². The van der Waals surface area contributed by atoms with Crippen LogP contribution in [0.4, 0.5) is 0 Å². The number of imidazole rings is 1. The first-order chi connectivity index (χ1) is 13.6. The number of likely N-dealkylation sites (tertiary alicyclic amines) is 2. The zero-order chi connectivity index (χ0) is 19.1. The Morgan fingerprint density at radius 3 is 2.75 bits per heavy atom. The monoisotopic (exact) mass is 384 g/mol. The highest BCUT2D eigenvalue weighted by Crippen LogP contribution is 2.40. The molecule has 0 N–H and O–H groups in total. The average Bonchev–Trinajstić information content (AvgIpc) is 3.45. The number of aryl methyl sites for hydroxylation is 1. The van der Waals surface area contributed by atoms with Crippen LogP contribution in [0.1, 0.15) is 37.1 Å². The summed E-state index contributed by atoms with van der Waals surface area (Å²) < 4.78 is 10.5. The number of fused-ring (bicyclic) bond motifs is 2. The van der Waals surface area contributed by atoms with Crippen molar-refractivity contribution < 1.29 is 9.53 Å². The summed E-state index contributed by atoms with van der Waals surface area (Å²) >= 11 is 0. The van der Waals surface area contributed by atoms with Gasteiger partial charge in [-0.3, -0.25) is 14.4 Å². The topological polar surface area (TPSA) is 68.4 Å². The van der Waals surface area contributed by atoms with E-state index >= 15 is 0 Å². The number of hydrogen-bond acceptors (Lipinski definition) is 5. The van der Waals surface area contributed by atoms with Crippen LogP contribution < -0.4 is 0 Å². The van der Waals surface area contributed by atoms with Gasteiger partial charge in [0, 0.05) is 63.9 Å². The van der Waals surface area contributed by atoms with E-state index in [1.165, 1.54) is 5.56 Å². The molecule has 2 saturated heterocycles. The Balaban J connectivity index is 1.31. The molecule has 1 amide bonds. The molecule has 2 aromatic heterocycles. The van der Waals surface area contributed by atoms with Crippen molar-refractivity contribution in [1.29, 1.82) is 0 Å². The highest BCUT2D eigenvalue weighted by atomic mass is 16.5. The fourth-order valence-corrected chi connectivity index (χ4v) is 4.89.